The number of nitrogens with zero attached hydrogens (tertiary/aromatic N) is 5. The Kier molecular flexibility index (Phi) is 5.13. The molecule has 1 aliphatic heterocycles. The fraction of sp³-hybridized carbons (Fsp3) is 0.250. The van der Waals surface area contributed by atoms with E-state index >= 15 is 0 Å². The molecule has 1 saturated heterocycles. The van der Waals surface area contributed by atoms with Crippen LogP contribution in [-0.4, -0.2) is 32.6 Å². The van der Waals surface area contributed by atoms with Gasteiger partial charge >= 0.3 is 0 Å². The molecule has 0 saturated carbocycles. The molecular weight excluding hydrogens is 429 g/mol. The van der Waals surface area contributed by atoms with Gasteiger partial charge in [0.25, 0.3) is 5.56 Å². The van der Waals surface area contributed by atoms with Crippen LogP contribution in [0.15, 0.2) is 53.5 Å². The molecule has 32 heavy (non-hydrogen) atoms. The number of hydrogen-bond acceptors (Lipinski definition) is 5. The minimum Gasteiger partial charge on any atom is -0.356 e. The first-order valence-corrected chi connectivity index (χ1v) is 10.8. The smallest absolute Gasteiger partial charge is 0.263 e. The van der Waals surface area contributed by atoms with Gasteiger partial charge in [-0.15, -0.1) is 0 Å². The molecule has 4 heterocycles. The van der Waals surface area contributed by atoms with Crippen LogP contribution in [0.5, 0.6) is 0 Å². The van der Waals surface area contributed by atoms with Crippen LogP contribution in [0.3, 0.4) is 0 Å². The van der Waals surface area contributed by atoms with Crippen LogP contribution in [0.4, 0.5) is 10.2 Å². The number of rotatable bonds is 3. The van der Waals surface area contributed by atoms with Crippen molar-refractivity contribution in [1.29, 1.82) is 0 Å². The van der Waals surface area contributed by atoms with Gasteiger partial charge in [-0.1, -0.05) is 17.7 Å². The van der Waals surface area contributed by atoms with Crippen molar-refractivity contribution < 1.29 is 4.39 Å². The molecular formula is C24H21ClFN5O. The lowest BCUT2D eigenvalue weighted by atomic mass is 10.0. The molecule has 162 valence electrons. The average Bonchev–Trinajstić information content (AvgIpc) is 3.28. The van der Waals surface area contributed by atoms with Crippen LogP contribution in [0, 0.1) is 12.7 Å². The van der Waals surface area contributed by atoms with Crippen LogP contribution < -0.4 is 10.5 Å². The van der Waals surface area contributed by atoms with E-state index in [4.69, 9.17) is 16.6 Å². The standard InChI is InChI=1S/C24H21ClFN5O/c1-14-28-20-12-21(31-10-8-15(13-31)19-5-3-4-9-27-19)29-23(22(20)24(32)30(14)2)17-7-6-16(25)11-18(17)26/h3-7,9,11-12,15H,8,10,13H2,1-2H3/t15-/m0/s1. The van der Waals surface area contributed by atoms with Crippen LogP contribution in [0.2, 0.25) is 5.02 Å². The van der Waals surface area contributed by atoms with Gasteiger partial charge < -0.3 is 4.90 Å². The highest BCUT2D eigenvalue weighted by molar-refractivity contribution is 6.30. The Labute approximate surface area is 189 Å². The minimum absolute atomic E-state index is 0.226. The third-order valence-corrected chi connectivity index (χ3v) is 6.31. The fourth-order valence-corrected chi connectivity index (χ4v) is 4.41. The molecule has 6 nitrogen and oxygen atoms in total. The molecule has 0 bridgehead atoms. The summed E-state index contributed by atoms with van der Waals surface area (Å²) in [5.41, 5.74) is 1.79. The predicted molar refractivity (Wildman–Crippen MR) is 124 cm³/mol. The van der Waals surface area contributed by atoms with Crippen molar-refractivity contribution in [3.05, 3.63) is 81.4 Å². The molecule has 0 radical (unpaired) electrons. The van der Waals surface area contributed by atoms with Crippen molar-refractivity contribution in [1.82, 2.24) is 19.5 Å². The van der Waals surface area contributed by atoms with Crippen molar-refractivity contribution in [3.63, 3.8) is 0 Å². The second-order valence-corrected chi connectivity index (χ2v) is 8.49. The molecule has 1 aliphatic rings. The van der Waals surface area contributed by atoms with Crippen molar-refractivity contribution in [2.45, 2.75) is 19.3 Å². The molecule has 1 fully saturated rings. The Morgan fingerprint density at radius 2 is 2.00 bits per heavy atom. The van der Waals surface area contributed by atoms with Crippen molar-refractivity contribution >= 4 is 28.3 Å². The van der Waals surface area contributed by atoms with Gasteiger partial charge in [0.15, 0.2) is 0 Å². The van der Waals surface area contributed by atoms with Gasteiger partial charge in [-0.05, 0) is 43.7 Å². The van der Waals surface area contributed by atoms with E-state index in [0.717, 1.165) is 25.2 Å². The second-order valence-electron chi connectivity index (χ2n) is 8.06. The lowest BCUT2D eigenvalue weighted by Gasteiger charge is -2.20. The highest BCUT2D eigenvalue weighted by Crippen LogP contribution is 2.34. The number of pyridine rings is 2. The maximum Gasteiger partial charge on any atom is 0.263 e. The van der Waals surface area contributed by atoms with Gasteiger partial charge in [0.05, 0.1) is 16.6 Å². The number of fused-ring (bicyclic) bond motifs is 1. The van der Waals surface area contributed by atoms with Gasteiger partial charge in [-0.3, -0.25) is 14.3 Å². The number of halogens is 2. The van der Waals surface area contributed by atoms with Gasteiger partial charge in [-0.25, -0.2) is 14.4 Å². The zero-order chi connectivity index (χ0) is 22.4. The largest absolute Gasteiger partial charge is 0.356 e. The van der Waals surface area contributed by atoms with Gasteiger partial charge in [-0.2, -0.15) is 0 Å². The van der Waals surface area contributed by atoms with Gasteiger partial charge in [0.1, 0.15) is 17.5 Å². The Morgan fingerprint density at radius 3 is 2.75 bits per heavy atom. The topological polar surface area (TPSA) is 63.9 Å². The number of anilines is 1. The molecule has 4 aromatic rings. The van der Waals surface area contributed by atoms with Crippen molar-refractivity contribution in [2.75, 3.05) is 18.0 Å². The quantitative estimate of drug-likeness (QED) is 0.461. The van der Waals surface area contributed by atoms with Gasteiger partial charge in [0.2, 0.25) is 0 Å². The summed E-state index contributed by atoms with van der Waals surface area (Å²) in [7, 11) is 1.65. The number of aryl methyl sites for hydroxylation is 1. The summed E-state index contributed by atoms with van der Waals surface area (Å²) < 4.78 is 16.3. The number of hydrogen-bond donors (Lipinski definition) is 0. The second kappa shape index (κ2) is 7.98. The molecule has 0 spiro atoms. The van der Waals surface area contributed by atoms with Crippen LogP contribution in [-0.2, 0) is 7.05 Å². The maximum atomic E-state index is 14.9. The third-order valence-electron chi connectivity index (χ3n) is 6.08. The minimum atomic E-state index is -0.529. The Bertz CT molecular complexity index is 1390. The van der Waals surface area contributed by atoms with Crippen molar-refractivity contribution in [2.24, 2.45) is 7.05 Å². The van der Waals surface area contributed by atoms with E-state index in [-0.39, 0.29) is 27.8 Å². The van der Waals surface area contributed by atoms with E-state index in [9.17, 15) is 9.18 Å². The molecule has 8 heteroatoms. The van der Waals surface area contributed by atoms with Gasteiger partial charge in [0, 0.05) is 54.6 Å². The normalized spacial score (nSPS) is 16.1. The first-order valence-electron chi connectivity index (χ1n) is 10.4. The number of benzene rings is 1. The predicted octanol–water partition coefficient (Wildman–Crippen LogP) is 4.49. The Hall–Kier alpha value is -3.32. The van der Waals surface area contributed by atoms with E-state index < -0.39 is 5.82 Å². The zero-order valence-electron chi connectivity index (χ0n) is 17.7. The summed E-state index contributed by atoms with van der Waals surface area (Å²) in [6.07, 6.45) is 2.74. The summed E-state index contributed by atoms with van der Waals surface area (Å²) in [5.74, 6) is 0.997. The molecule has 0 N–H and O–H groups in total. The lowest BCUT2D eigenvalue weighted by Crippen LogP contribution is -2.24. The molecule has 5 rings (SSSR count). The first-order chi connectivity index (χ1) is 15.4. The van der Waals surface area contributed by atoms with Crippen molar-refractivity contribution in [3.8, 4) is 11.3 Å². The van der Waals surface area contributed by atoms with Crippen LogP contribution in [0.25, 0.3) is 22.2 Å². The highest BCUT2D eigenvalue weighted by atomic mass is 35.5. The SMILES string of the molecule is Cc1nc2cc(N3CC[C@H](c4ccccn4)C3)nc(-c3ccc(Cl)cc3F)c2c(=O)n1C. The summed E-state index contributed by atoms with van der Waals surface area (Å²) in [5, 5.41) is 0.579. The summed E-state index contributed by atoms with van der Waals surface area (Å²) in [4.78, 5) is 29.1. The summed E-state index contributed by atoms with van der Waals surface area (Å²) in [6, 6.07) is 12.1. The molecule has 1 atom stereocenters. The van der Waals surface area contributed by atoms with Crippen LogP contribution in [0.1, 0.15) is 23.9 Å². The first kappa shape index (κ1) is 20.6. The maximum absolute atomic E-state index is 14.9. The number of aromatic nitrogens is 4. The van der Waals surface area contributed by atoms with E-state index in [1.165, 1.54) is 10.6 Å². The van der Waals surface area contributed by atoms with E-state index in [0.29, 0.717) is 22.5 Å². The zero-order valence-corrected chi connectivity index (χ0v) is 18.5. The monoisotopic (exact) mass is 449 g/mol. The Balaban J connectivity index is 1.67. The molecule has 0 aliphatic carbocycles. The lowest BCUT2D eigenvalue weighted by molar-refractivity contribution is 0.631. The Morgan fingerprint density at radius 1 is 1.16 bits per heavy atom. The molecule has 3 aromatic heterocycles. The summed E-state index contributed by atoms with van der Waals surface area (Å²) in [6.45, 7) is 3.30. The molecule has 0 unspecified atom stereocenters. The summed E-state index contributed by atoms with van der Waals surface area (Å²) >= 11 is 5.96. The van der Waals surface area contributed by atoms with Crippen LogP contribution >= 0.6 is 11.6 Å². The highest BCUT2D eigenvalue weighted by Gasteiger charge is 2.27. The van der Waals surface area contributed by atoms with E-state index in [1.807, 2.05) is 24.3 Å². The molecule has 0 amide bonds. The van der Waals surface area contributed by atoms with E-state index in [2.05, 4.69) is 14.9 Å². The van der Waals surface area contributed by atoms with E-state index in [1.54, 1.807) is 32.3 Å². The fourth-order valence-electron chi connectivity index (χ4n) is 4.25. The third kappa shape index (κ3) is 3.52. The average molecular weight is 450 g/mol. The molecule has 1 aromatic carbocycles.